The summed E-state index contributed by atoms with van der Waals surface area (Å²) in [5.74, 6) is -2.39. The number of benzene rings is 1. The molecule has 0 aliphatic carbocycles. The van der Waals surface area contributed by atoms with E-state index in [1.165, 1.54) is 6.20 Å². The predicted molar refractivity (Wildman–Crippen MR) is 99.3 cm³/mol. The minimum absolute atomic E-state index is 0.0162. The summed E-state index contributed by atoms with van der Waals surface area (Å²) in [6, 6.07) is 6.63. The van der Waals surface area contributed by atoms with Gasteiger partial charge in [0.15, 0.2) is 5.78 Å². The predicted octanol–water partition coefficient (Wildman–Crippen LogP) is 0.605. The van der Waals surface area contributed by atoms with E-state index in [4.69, 9.17) is 14.6 Å². The lowest BCUT2D eigenvalue weighted by Crippen LogP contribution is -2.32. The minimum atomic E-state index is -4.71. The van der Waals surface area contributed by atoms with Gasteiger partial charge in [0.25, 0.3) is 11.8 Å². The molecule has 1 fully saturated rings. The van der Waals surface area contributed by atoms with E-state index in [0.717, 1.165) is 0 Å². The topological polar surface area (TPSA) is 160 Å². The van der Waals surface area contributed by atoms with Gasteiger partial charge in [-0.15, -0.1) is 5.06 Å². The van der Waals surface area contributed by atoms with Crippen LogP contribution < -0.4 is 0 Å². The molecule has 11 nitrogen and oxygen atoms in total. The van der Waals surface area contributed by atoms with Crippen LogP contribution in [0, 0.1) is 0 Å². The number of imide groups is 1. The molecule has 0 bridgehead atoms. The van der Waals surface area contributed by atoms with Crippen molar-refractivity contribution >= 4 is 42.3 Å². The fourth-order valence-electron chi connectivity index (χ4n) is 2.81. The number of carbonyl (C=O) groups is 4. The van der Waals surface area contributed by atoms with E-state index in [9.17, 15) is 23.7 Å². The van der Waals surface area contributed by atoms with E-state index >= 15 is 0 Å². The van der Waals surface area contributed by atoms with E-state index in [2.05, 4.69) is 9.51 Å². The van der Waals surface area contributed by atoms with Gasteiger partial charge in [0.1, 0.15) is 6.61 Å². The molecule has 30 heavy (non-hydrogen) atoms. The minimum Gasteiger partial charge on any atom is -0.330 e. The highest BCUT2D eigenvalue weighted by Gasteiger charge is 2.32. The molecule has 0 atom stereocenters. The van der Waals surface area contributed by atoms with Gasteiger partial charge in [0.2, 0.25) is 0 Å². The van der Waals surface area contributed by atoms with E-state index in [1.54, 1.807) is 24.3 Å². The molecule has 1 aliphatic rings. The highest BCUT2D eigenvalue weighted by Crippen LogP contribution is 2.35. The van der Waals surface area contributed by atoms with E-state index < -0.39 is 38.0 Å². The standard InChI is InChI=1S/C18H17N2O9P/c21-14(10-28-30(25,26)27)6-12-5-13-2-1-11(7-15(13)19-9-12)8-18(24)29-20-16(22)3-4-17(20)23/h1-2,5,7,9H,3-4,6,8,10H2,(H2,25,26,27). The van der Waals surface area contributed by atoms with Gasteiger partial charge in [-0.25, -0.2) is 9.36 Å². The van der Waals surface area contributed by atoms with Gasteiger partial charge in [-0.05, 0) is 23.3 Å². The molecular weight excluding hydrogens is 419 g/mol. The van der Waals surface area contributed by atoms with Gasteiger partial charge in [0, 0.05) is 30.8 Å². The van der Waals surface area contributed by atoms with Crippen LogP contribution in [0.25, 0.3) is 10.9 Å². The van der Waals surface area contributed by atoms with Crippen molar-refractivity contribution in [2.45, 2.75) is 25.7 Å². The van der Waals surface area contributed by atoms with Crippen LogP contribution in [0.15, 0.2) is 30.5 Å². The fourth-order valence-corrected chi connectivity index (χ4v) is 3.12. The van der Waals surface area contributed by atoms with Crippen LogP contribution in [-0.2, 0) is 45.9 Å². The third kappa shape index (κ3) is 5.77. The van der Waals surface area contributed by atoms with E-state index in [0.29, 0.717) is 27.1 Å². The van der Waals surface area contributed by atoms with Crippen molar-refractivity contribution in [3.05, 3.63) is 41.6 Å². The largest absolute Gasteiger partial charge is 0.470 e. The van der Waals surface area contributed by atoms with Crippen molar-refractivity contribution in [3.63, 3.8) is 0 Å². The van der Waals surface area contributed by atoms with Crippen LogP contribution in [0.4, 0.5) is 0 Å². The lowest BCUT2D eigenvalue weighted by molar-refractivity contribution is -0.197. The normalized spacial score (nSPS) is 14.4. The molecule has 2 N–H and O–H groups in total. The van der Waals surface area contributed by atoms with E-state index in [1.807, 2.05) is 0 Å². The van der Waals surface area contributed by atoms with Crippen molar-refractivity contribution in [2.24, 2.45) is 0 Å². The highest BCUT2D eigenvalue weighted by molar-refractivity contribution is 7.46. The molecule has 0 unspecified atom stereocenters. The number of hydrogen-bond acceptors (Lipinski definition) is 8. The van der Waals surface area contributed by atoms with Crippen LogP contribution in [0.1, 0.15) is 24.0 Å². The number of carbonyl (C=O) groups excluding carboxylic acids is 4. The van der Waals surface area contributed by atoms with Crippen LogP contribution in [0.2, 0.25) is 0 Å². The van der Waals surface area contributed by atoms with Crippen molar-refractivity contribution in [1.82, 2.24) is 10.0 Å². The van der Waals surface area contributed by atoms with Crippen LogP contribution >= 0.6 is 7.82 Å². The molecule has 1 saturated heterocycles. The number of phosphoric ester groups is 1. The summed E-state index contributed by atoms with van der Waals surface area (Å²) in [7, 11) is -4.71. The average Bonchev–Trinajstić information content (AvgIpc) is 2.98. The second-order valence-corrected chi connectivity index (χ2v) is 7.81. The molecule has 2 heterocycles. The number of phosphoric acid groups is 1. The Kier molecular flexibility index (Phi) is 6.37. The lowest BCUT2D eigenvalue weighted by Gasteiger charge is -2.12. The molecule has 2 amide bonds. The molecule has 0 radical (unpaired) electrons. The molecular formula is C18H17N2O9P. The molecule has 1 aliphatic heterocycles. The molecule has 3 rings (SSSR count). The summed E-state index contributed by atoms with van der Waals surface area (Å²) < 4.78 is 14.8. The quantitative estimate of drug-likeness (QED) is 0.443. The molecule has 12 heteroatoms. The number of aromatic nitrogens is 1. The number of fused-ring (bicyclic) bond motifs is 1. The Labute approximate surface area is 169 Å². The summed E-state index contributed by atoms with van der Waals surface area (Å²) in [5, 5.41) is 1.17. The number of pyridine rings is 1. The van der Waals surface area contributed by atoms with Gasteiger partial charge < -0.3 is 14.6 Å². The third-order valence-corrected chi connectivity index (χ3v) is 4.61. The highest BCUT2D eigenvalue weighted by atomic mass is 31.2. The number of Topliss-reactive ketones (excluding diaryl/α,β-unsaturated/α-hetero) is 1. The van der Waals surface area contributed by atoms with Gasteiger partial charge in [-0.1, -0.05) is 12.1 Å². The molecule has 0 spiro atoms. The van der Waals surface area contributed by atoms with Crippen LogP contribution in [0.5, 0.6) is 0 Å². The number of amides is 2. The summed E-state index contributed by atoms with van der Waals surface area (Å²) in [6.07, 6.45) is 1.18. The zero-order valence-electron chi connectivity index (χ0n) is 15.5. The number of ketones is 1. The lowest BCUT2D eigenvalue weighted by atomic mass is 10.1. The van der Waals surface area contributed by atoms with Gasteiger partial charge in [-0.2, -0.15) is 0 Å². The van der Waals surface area contributed by atoms with Crippen LogP contribution in [0.3, 0.4) is 0 Å². The zero-order valence-corrected chi connectivity index (χ0v) is 16.4. The smallest absolute Gasteiger partial charge is 0.330 e. The van der Waals surface area contributed by atoms with E-state index in [-0.39, 0.29) is 25.7 Å². The Bertz CT molecular complexity index is 1060. The first kappa shape index (κ1) is 21.7. The van der Waals surface area contributed by atoms with Crippen molar-refractivity contribution in [2.75, 3.05) is 6.61 Å². The molecule has 2 aromatic rings. The second kappa shape index (κ2) is 8.80. The summed E-state index contributed by atoms with van der Waals surface area (Å²) in [5.41, 5.74) is 1.62. The summed E-state index contributed by atoms with van der Waals surface area (Å²) >= 11 is 0. The van der Waals surface area contributed by atoms with Crippen molar-refractivity contribution in [3.8, 4) is 0 Å². The van der Waals surface area contributed by atoms with Gasteiger partial charge >= 0.3 is 13.8 Å². The zero-order chi connectivity index (χ0) is 21.9. The Morgan fingerprint density at radius 1 is 1.07 bits per heavy atom. The van der Waals surface area contributed by atoms with Gasteiger partial charge in [0.05, 0.1) is 11.9 Å². The first-order valence-corrected chi connectivity index (χ1v) is 10.3. The average molecular weight is 436 g/mol. The second-order valence-electron chi connectivity index (χ2n) is 6.57. The Morgan fingerprint density at radius 3 is 2.43 bits per heavy atom. The number of nitrogens with zero attached hydrogens (tertiary/aromatic N) is 2. The maximum Gasteiger partial charge on any atom is 0.470 e. The first-order valence-electron chi connectivity index (χ1n) is 8.76. The number of hydrogen-bond donors (Lipinski definition) is 2. The number of rotatable bonds is 8. The third-order valence-electron chi connectivity index (χ3n) is 4.15. The van der Waals surface area contributed by atoms with Crippen molar-refractivity contribution in [1.29, 1.82) is 0 Å². The maximum absolute atomic E-state index is 12.0. The Balaban J connectivity index is 1.62. The van der Waals surface area contributed by atoms with Crippen LogP contribution in [-0.4, -0.2) is 50.0 Å². The fraction of sp³-hybridized carbons (Fsp3) is 0.278. The molecule has 1 aromatic carbocycles. The Hall–Kier alpha value is -2.98. The number of hydroxylamine groups is 2. The first-order chi connectivity index (χ1) is 14.1. The monoisotopic (exact) mass is 436 g/mol. The molecule has 158 valence electrons. The maximum atomic E-state index is 12.0. The summed E-state index contributed by atoms with van der Waals surface area (Å²) in [4.78, 5) is 73.1. The van der Waals surface area contributed by atoms with Gasteiger partial charge in [-0.3, -0.25) is 23.9 Å². The Morgan fingerprint density at radius 2 is 1.77 bits per heavy atom. The molecule has 0 saturated carbocycles. The van der Waals surface area contributed by atoms with Crippen molar-refractivity contribution < 1.29 is 42.9 Å². The summed E-state index contributed by atoms with van der Waals surface area (Å²) in [6.45, 7) is -0.717. The molecule has 1 aromatic heterocycles. The SMILES string of the molecule is O=C(COP(=O)(O)O)Cc1cnc2cc(CC(=O)ON3C(=O)CCC3=O)ccc2c1.